The van der Waals surface area contributed by atoms with Gasteiger partial charge >= 0.3 is 0 Å². The Labute approximate surface area is 73.0 Å². The van der Waals surface area contributed by atoms with Crippen molar-refractivity contribution >= 4 is 15.9 Å². The minimum Gasteiger partial charge on any atom is -0.325 e. The zero-order chi connectivity index (χ0) is 8.43. The lowest BCUT2D eigenvalue weighted by Gasteiger charge is -2.06. The van der Waals surface area contributed by atoms with E-state index in [0.29, 0.717) is 6.54 Å². The van der Waals surface area contributed by atoms with Gasteiger partial charge in [-0.05, 0) is 22.0 Å². The second-order valence-corrected chi connectivity index (χ2v) is 3.08. The van der Waals surface area contributed by atoms with Gasteiger partial charge in [0, 0.05) is 29.8 Å². The van der Waals surface area contributed by atoms with Gasteiger partial charge in [0.15, 0.2) is 0 Å². The van der Waals surface area contributed by atoms with Crippen molar-refractivity contribution in [3.05, 3.63) is 32.7 Å². The molecule has 0 aliphatic carbocycles. The molecule has 0 fully saturated rings. The molecule has 1 aromatic rings. The van der Waals surface area contributed by atoms with Crippen molar-refractivity contribution in [2.24, 2.45) is 12.8 Å². The minimum atomic E-state index is -0.0337. The fourth-order valence-corrected chi connectivity index (χ4v) is 1.44. The molecule has 0 unspecified atom stereocenters. The molecular formula is C7H9BrN2O. The van der Waals surface area contributed by atoms with Crippen molar-refractivity contribution < 1.29 is 0 Å². The van der Waals surface area contributed by atoms with Gasteiger partial charge in [-0.1, -0.05) is 0 Å². The Hall–Kier alpha value is -0.610. The summed E-state index contributed by atoms with van der Waals surface area (Å²) < 4.78 is 2.41. The SMILES string of the molecule is Cn1c(CN)c(Br)ccc1=O. The fraction of sp³-hybridized carbons (Fsp3) is 0.286. The molecule has 0 spiro atoms. The summed E-state index contributed by atoms with van der Waals surface area (Å²) in [6.07, 6.45) is 0. The smallest absolute Gasteiger partial charge is 0.250 e. The molecule has 2 N–H and O–H groups in total. The van der Waals surface area contributed by atoms with E-state index in [1.165, 1.54) is 10.6 Å². The van der Waals surface area contributed by atoms with Crippen molar-refractivity contribution in [1.29, 1.82) is 0 Å². The van der Waals surface area contributed by atoms with Gasteiger partial charge in [-0.25, -0.2) is 0 Å². The quantitative estimate of drug-likeness (QED) is 0.748. The highest BCUT2D eigenvalue weighted by Crippen LogP contribution is 2.11. The molecule has 1 heterocycles. The van der Waals surface area contributed by atoms with Gasteiger partial charge in [-0.2, -0.15) is 0 Å². The molecule has 0 aromatic carbocycles. The zero-order valence-electron chi connectivity index (χ0n) is 6.17. The molecule has 1 aromatic heterocycles. The average molecular weight is 217 g/mol. The monoisotopic (exact) mass is 216 g/mol. The Morgan fingerprint density at radius 3 is 2.73 bits per heavy atom. The van der Waals surface area contributed by atoms with Crippen molar-refractivity contribution in [3.8, 4) is 0 Å². The third-order valence-corrected chi connectivity index (χ3v) is 2.30. The molecule has 3 nitrogen and oxygen atoms in total. The molecule has 60 valence electrons. The van der Waals surface area contributed by atoms with Gasteiger partial charge in [0.05, 0.1) is 0 Å². The second kappa shape index (κ2) is 3.19. The van der Waals surface area contributed by atoms with E-state index in [1.807, 2.05) is 0 Å². The standard InChI is InChI=1S/C7H9BrN2O/c1-10-6(4-9)5(8)2-3-7(10)11/h2-3H,4,9H2,1H3. The average Bonchev–Trinajstić information content (AvgIpc) is 1.99. The van der Waals surface area contributed by atoms with E-state index in [0.717, 1.165) is 10.2 Å². The van der Waals surface area contributed by atoms with Gasteiger partial charge in [-0.3, -0.25) is 4.79 Å². The lowest BCUT2D eigenvalue weighted by Crippen LogP contribution is -2.21. The van der Waals surface area contributed by atoms with Crippen LogP contribution in [0.3, 0.4) is 0 Å². The first kappa shape index (κ1) is 8.49. The highest BCUT2D eigenvalue weighted by molar-refractivity contribution is 9.10. The Kier molecular flexibility index (Phi) is 2.46. The van der Waals surface area contributed by atoms with Crippen LogP contribution in [0.15, 0.2) is 21.4 Å². The molecule has 4 heteroatoms. The van der Waals surface area contributed by atoms with Crippen molar-refractivity contribution in [2.75, 3.05) is 0 Å². The summed E-state index contributed by atoms with van der Waals surface area (Å²) >= 11 is 3.30. The van der Waals surface area contributed by atoms with Crippen molar-refractivity contribution in [1.82, 2.24) is 4.57 Å². The molecule has 0 radical (unpaired) electrons. The second-order valence-electron chi connectivity index (χ2n) is 2.23. The molecule has 11 heavy (non-hydrogen) atoms. The van der Waals surface area contributed by atoms with Crippen LogP contribution in [0.25, 0.3) is 0 Å². The summed E-state index contributed by atoms with van der Waals surface area (Å²) in [4.78, 5) is 11.0. The summed E-state index contributed by atoms with van der Waals surface area (Å²) in [6.45, 7) is 0.368. The normalized spacial score (nSPS) is 10.1. The molecule has 0 bridgehead atoms. The van der Waals surface area contributed by atoms with Gasteiger partial charge in [0.1, 0.15) is 0 Å². The Balaban J connectivity index is 3.41. The zero-order valence-corrected chi connectivity index (χ0v) is 7.76. The number of hydrogen-bond acceptors (Lipinski definition) is 2. The Morgan fingerprint density at radius 1 is 1.64 bits per heavy atom. The van der Waals surface area contributed by atoms with Crippen LogP contribution in [0.2, 0.25) is 0 Å². The molecule has 0 atom stereocenters. The molecule has 0 saturated heterocycles. The maximum Gasteiger partial charge on any atom is 0.250 e. The molecule has 0 aliphatic heterocycles. The fourth-order valence-electron chi connectivity index (χ4n) is 0.880. The summed E-state index contributed by atoms with van der Waals surface area (Å²) in [5.74, 6) is 0. The Morgan fingerprint density at radius 2 is 2.27 bits per heavy atom. The predicted molar refractivity (Wildman–Crippen MR) is 47.3 cm³/mol. The Bertz CT molecular complexity index is 319. The van der Waals surface area contributed by atoms with E-state index in [1.54, 1.807) is 13.1 Å². The van der Waals surface area contributed by atoms with Gasteiger partial charge < -0.3 is 10.3 Å². The van der Waals surface area contributed by atoms with Crippen molar-refractivity contribution in [2.45, 2.75) is 6.54 Å². The maximum absolute atomic E-state index is 11.0. The van der Waals surface area contributed by atoms with Gasteiger partial charge in [-0.15, -0.1) is 0 Å². The maximum atomic E-state index is 11.0. The third-order valence-electron chi connectivity index (χ3n) is 1.58. The summed E-state index contributed by atoms with van der Waals surface area (Å²) in [5.41, 5.74) is 6.21. The van der Waals surface area contributed by atoms with Crippen LogP contribution in [0, 0.1) is 0 Å². The lowest BCUT2D eigenvalue weighted by atomic mass is 10.3. The minimum absolute atomic E-state index is 0.0337. The molecule has 0 aliphatic rings. The van der Waals surface area contributed by atoms with Gasteiger partial charge in [0.25, 0.3) is 5.56 Å². The van der Waals surface area contributed by atoms with Crippen LogP contribution in [0.1, 0.15) is 5.69 Å². The number of nitrogens with zero attached hydrogens (tertiary/aromatic N) is 1. The number of aromatic nitrogens is 1. The number of rotatable bonds is 1. The summed E-state index contributed by atoms with van der Waals surface area (Å²) in [6, 6.07) is 3.22. The number of halogens is 1. The highest BCUT2D eigenvalue weighted by atomic mass is 79.9. The first-order valence-electron chi connectivity index (χ1n) is 3.21. The largest absolute Gasteiger partial charge is 0.325 e. The van der Waals surface area contributed by atoms with Crippen LogP contribution in [-0.4, -0.2) is 4.57 Å². The first-order valence-corrected chi connectivity index (χ1v) is 4.00. The highest BCUT2D eigenvalue weighted by Gasteiger charge is 2.01. The van der Waals surface area contributed by atoms with Gasteiger partial charge in [0.2, 0.25) is 0 Å². The first-order chi connectivity index (χ1) is 5.16. The lowest BCUT2D eigenvalue weighted by molar-refractivity contribution is 0.766. The van der Waals surface area contributed by atoms with E-state index in [2.05, 4.69) is 15.9 Å². The van der Waals surface area contributed by atoms with Crippen LogP contribution < -0.4 is 11.3 Å². The predicted octanol–water partition coefficient (Wildman–Crippen LogP) is 0.607. The number of pyridine rings is 1. The van der Waals surface area contributed by atoms with E-state index in [9.17, 15) is 4.79 Å². The van der Waals surface area contributed by atoms with Crippen molar-refractivity contribution in [3.63, 3.8) is 0 Å². The third kappa shape index (κ3) is 1.52. The molecule has 0 saturated carbocycles. The summed E-state index contributed by atoms with van der Waals surface area (Å²) in [7, 11) is 1.70. The van der Waals surface area contributed by atoms with Crippen LogP contribution in [-0.2, 0) is 13.6 Å². The van der Waals surface area contributed by atoms with Crippen LogP contribution in [0.4, 0.5) is 0 Å². The van der Waals surface area contributed by atoms with Crippen LogP contribution in [0.5, 0.6) is 0 Å². The van der Waals surface area contributed by atoms with E-state index < -0.39 is 0 Å². The molecule has 1 rings (SSSR count). The van der Waals surface area contributed by atoms with E-state index in [-0.39, 0.29) is 5.56 Å². The topological polar surface area (TPSA) is 48.0 Å². The summed E-state index contributed by atoms with van der Waals surface area (Å²) in [5, 5.41) is 0. The molecule has 0 amide bonds. The van der Waals surface area contributed by atoms with E-state index in [4.69, 9.17) is 5.73 Å². The van der Waals surface area contributed by atoms with E-state index >= 15 is 0 Å². The van der Waals surface area contributed by atoms with Crippen LogP contribution >= 0.6 is 15.9 Å². The number of hydrogen-bond donors (Lipinski definition) is 1. The molecular weight excluding hydrogens is 208 g/mol. The number of nitrogens with two attached hydrogens (primary N) is 1.